The number of fused-ring (bicyclic) bond motifs is 3. The number of amides is 2. The van der Waals surface area contributed by atoms with Crippen molar-refractivity contribution in [3.05, 3.63) is 35.5 Å². The Labute approximate surface area is 123 Å². The largest absolute Gasteiger partial charge is 0.378 e. The molecule has 0 radical (unpaired) electrons. The van der Waals surface area contributed by atoms with E-state index in [-0.39, 0.29) is 6.03 Å². The molecule has 1 N–H and O–H groups in total. The van der Waals surface area contributed by atoms with Crippen LogP contribution < -0.4 is 0 Å². The van der Waals surface area contributed by atoms with Gasteiger partial charge in [0.2, 0.25) is 0 Å². The molecule has 21 heavy (non-hydrogen) atoms. The van der Waals surface area contributed by atoms with E-state index in [2.05, 4.69) is 23.2 Å². The number of ether oxygens (including phenoxy) is 1. The number of aromatic nitrogens is 1. The SMILES string of the molecule is O=C(N1CCOCC1)N1CCc2[nH]c3ccccc3c2C1. The van der Waals surface area contributed by atoms with E-state index >= 15 is 0 Å². The zero-order valence-corrected chi connectivity index (χ0v) is 12.0. The number of carbonyl (C=O) groups is 1. The summed E-state index contributed by atoms with van der Waals surface area (Å²) in [5.74, 6) is 0. The number of hydrogen-bond acceptors (Lipinski definition) is 2. The van der Waals surface area contributed by atoms with Crippen LogP contribution in [-0.2, 0) is 17.7 Å². The van der Waals surface area contributed by atoms with E-state index in [1.54, 1.807) is 0 Å². The van der Waals surface area contributed by atoms with Crippen molar-refractivity contribution in [2.75, 3.05) is 32.8 Å². The average Bonchev–Trinajstić information content (AvgIpc) is 2.93. The first-order chi connectivity index (χ1) is 10.3. The minimum Gasteiger partial charge on any atom is -0.378 e. The van der Waals surface area contributed by atoms with Crippen LogP contribution in [0.4, 0.5) is 4.79 Å². The summed E-state index contributed by atoms with van der Waals surface area (Å²) in [5, 5.41) is 1.24. The van der Waals surface area contributed by atoms with Gasteiger partial charge < -0.3 is 19.5 Å². The Hall–Kier alpha value is -2.01. The number of urea groups is 1. The molecule has 2 aliphatic heterocycles. The van der Waals surface area contributed by atoms with Crippen molar-refractivity contribution in [3.63, 3.8) is 0 Å². The van der Waals surface area contributed by atoms with Crippen molar-refractivity contribution in [3.8, 4) is 0 Å². The summed E-state index contributed by atoms with van der Waals surface area (Å²) in [4.78, 5) is 20.0. The van der Waals surface area contributed by atoms with Gasteiger partial charge in [-0.25, -0.2) is 4.79 Å². The lowest BCUT2D eigenvalue weighted by Gasteiger charge is -2.34. The molecule has 5 nitrogen and oxygen atoms in total. The summed E-state index contributed by atoms with van der Waals surface area (Å²) in [6.07, 6.45) is 0.903. The van der Waals surface area contributed by atoms with Crippen LogP contribution in [0.15, 0.2) is 24.3 Å². The van der Waals surface area contributed by atoms with E-state index in [1.807, 2.05) is 15.9 Å². The van der Waals surface area contributed by atoms with Gasteiger partial charge in [-0.1, -0.05) is 18.2 Å². The number of aromatic amines is 1. The topological polar surface area (TPSA) is 48.6 Å². The van der Waals surface area contributed by atoms with Gasteiger partial charge in [0.05, 0.1) is 13.2 Å². The van der Waals surface area contributed by atoms with Gasteiger partial charge in [0.25, 0.3) is 0 Å². The van der Waals surface area contributed by atoms with Crippen LogP contribution in [0, 0.1) is 0 Å². The summed E-state index contributed by atoms with van der Waals surface area (Å²) in [5.41, 5.74) is 3.73. The van der Waals surface area contributed by atoms with E-state index in [9.17, 15) is 4.79 Å². The Kier molecular flexibility index (Phi) is 3.07. The van der Waals surface area contributed by atoms with Crippen LogP contribution in [0.2, 0.25) is 0 Å². The highest BCUT2D eigenvalue weighted by molar-refractivity contribution is 5.85. The number of hydrogen-bond donors (Lipinski definition) is 1. The Bertz CT molecular complexity index is 673. The fourth-order valence-corrected chi connectivity index (χ4v) is 3.28. The highest BCUT2D eigenvalue weighted by Crippen LogP contribution is 2.28. The van der Waals surface area contributed by atoms with Gasteiger partial charge in [-0.3, -0.25) is 0 Å². The highest BCUT2D eigenvalue weighted by atomic mass is 16.5. The fraction of sp³-hybridized carbons (Fsp3) is 0.438. The fourth-order valence-electron chi connectivity index (χ4n) is 3.28. The summed E-state index contributed by atoms with van der Waals surface area (Å²) >= 11 is 0. The molecular formula is C16H19N3O2. The number of para-hydroxylation sites is 1. The minimum absolute atomic E-state index is 0.147. The Morgan fingerprint density at radius 2 is 1.90 bits per heavy atom. The van der Waals surface area contributed by atoms with Gasteiger partial charge in [0.15, 0.2) is 0 Å². The van der Waals surface area contributed by atoms with Crippen molar-refractivity contribution in [1.82, 2.24) is 14.8 Å². The molecule has 0 unspecified atom stereocenters. The standard InChI is InChI=1S/C16H19N3O2/c20-16(18-7-9-21-10-8-18)19-6-5-15-13(11-19)12-3-1-2-4-14(12)17-15/h1-4,17H,5-11H2. The summed E-state index contributed by atoms with van der Waals surface area (Å²) in [7, 11) is 0. The third kappa shape index (κ3) is 2.17. The number of H-pyrrole nitrogens is 1. The normalized spacial score (nSPS) is 18.9. The Morgan fingerprint density at radius 1 is 1.10 bits per heavy atom. The van der Waals surface area contributed by atoms with Crippen LogP contribution in [-0.4, -0.2) is 53.7 Å². The molecule has 0 atom stereocenters. The molecule has 1 aromatic carbocycles. The first-order valence-corrected chi connectivity index (χ1v) is 7.53. The van der Waals surface area contributed by atoms with E-state index in [4.69, 9.17) is 4.74 Å². The number of nitrogens with zero attached hydrogens (tertiary/aromatic N) is 2. The lowest BCUT2D eigenvalue weighted by Crippen LogP contribution is -2.49. The smallest absolute Gasteiger partial charge is 0.320 e. The molecule has 1 fully saturated rings. The Morgan fingerprint density at radius 3 is 2.76 bits per heavy atom. The zero-order valence-electron chi connectivity index (χ0n) is 12.0. The maximum atomic E-state index is 12.6. The number of nitrogens with one attached hydrogen (secondary N) is 1. The number of benzene rings is 1. The maximum Gasteiger partial charge on any atom is 0.320 e. The molecule has 0 spiro atoms. The summed E-state index contributed by atoms with van der Waals surface area (Å²) in [6.45, 7) is 4.20. The third-order valence-electron chi connectivity index (χ3n) is 4.43. The van der Waals surface area contributed by atoms with E-state index in [1.165, 1.54) is 22.2 Å². The van der Waals surface area contributed by atoms with Crippen LogP contribution in [0.25, 0.3) is 10.9 Å². The average molecular weight is 285 g/mol. The van der Waals surface area contributed by atoms with Crippen LogP contribution in [0.3, 0.4) is 0 Å². The molecule has 2 aliphatic rings. The van der Waals surface area contributed by atoms with Gasteiger partial charge in [-0.2, -0.15) is 0 Å². The molecule has 2 amide bonds. The lowest BCUT2D eigenvalue weighted by molar-refractivity contribution is 0.0422. The lowest BCUT2D eigenvalue weighted by atomic mass is 10.0. The molecule has 3 heterocycles. The molecule has 0 aliphatic carbocycles. The molecule has 110 valence electrons. The molecule has 0 bridgehead atoms. The van der Waals surface area contributed by atoms with Crippen LogP contribution in [0.1, 0.15) is 11.3 Å². The molecule has 1 aromatic heterocycles. The number of morpholine rings is 1. The quantitative estimate of drug-likeness (QED) is 0.804. The second-order valence-electron chi connectivity index (χ2n) is 5.68. The molecule has 4 rings (SSSR count). The molecular weight excluding hydrogens is 266 g/mol. The zero-order chi connectivity index (χ0) is 14.2. The van der Waals surface area contributed by atoms with Crippen molar-refractivity contribution < 1.29 is 9.53 Å². The predicted octanol–water partition coefficient (Wildman–Crippen LogP) is 1.98. The predicted molar refractivity (Wildman–Crippen MR) is 80.2 cm³/mol. The first kappa shape index (κ1) is 12.7. The summed E-state index contributed by atoms with van der Waals surface area (Å²) < 4.78 is 5.32. The first-order valence-electron chi connectivity index (χ1n) is 7.53. The van der Waals surface area contributed by atoms with Gasteiger partial charge in [0.1, 0.15) is 0 Å². The monoisotopic (exact) mass is 285 g/mol. The highest BCUT2D eigenvalue weighted by Gasteiger charge is 2.27. The Balaban J connectivity index is 1.59. The molecule has 1 saturated heterocycles. The summed E-state index contributed by atoms with van der Waals surface area (Å²) in [6, 6.07) is 8.48. The second kappa shape index (κ2) is 5.07. The van der Waals surface area contributed by atoms with Crippen molar-refractivity contribution in [2.24, 2.45) is 0 Å². The van der Waals surface area contributed by atoms with Crippen molar-refractivity contribution >= 4 is 16.9 Å². The van der Waals surface area contributed by atoms with Gasteiger partial charge >= 0.3 is 6.03 Å². The molecule has 5 heteroatoms. The van der Waals surface area contributed by atoms with Crippen LogP contribution in [0.5, 0.6) is 0 Å². The van der Waals surface area contributed by atoms with Crippen molar-refractivity contribution in [1.29, 1.82) is 0 Å². The number of rotatable bonds is 0. The van der Waals surface area contributed by atoms with Gasteiger partial charge in [-0.05, 0) is 6.07 Å². The van der Waals surface area contributed by atoms with E-state index < -0.39 is 0 Å². The molecule has 0 saturated carbocycles. The van der Waals surface area contributed by atoms with Gasteiger partial charge in [0, 0.05) is 54.8 Å². The number of carbonyl (C=O) groups excluding carboxylic acids is 1. The third-order valence-corrected chi connectivity index (χ3v) is 4.43. The van der Waals surface area contributed by atoms with Crippen LogP contribution >= 0.6 is 0 Å². The molecule has 2 aromatic rings. The van der Waals surface area contributed by atoms with E-state index in [0.717, 1.165) is 13.0 Å². The maximum absolute atomic E-state index is 12.6. The van der Waals surface area contributed by atoms with Gasteiger partial charge in [-0.15, -0.1) is 0 Å². The minimum atomic E-state index is 0.147. The second-order valence-corrected chi connectivity index (χ2v) is 5.68. The van der Waals surface area contributed by atoms with E-state index in [0.29, 0.717) is 32.8 Å². The van der Waals surface area contributed by atoms with Crippen molar-refractivity contribution in [2.45, 2.75) is 13.0 Å².